The van der Waals surface area contributed by atoms with Crippen molar-refractivity contribution in [2.45, 2.75) is 49.0 Å². The van der Waals surface area contributed by atoms with Crippen LogP contribution >= 0.6 is 23.1 Å². The predicted octanol–water partition coefficient (Wildman–Crippen LogP) is 5.87. The maximum Gasteiger partial charge on any atom is 0.233 e. The normalized spacial score (nSPS) is 14.4. The predicted molar refractivity (Wildman–Crippen MR) is 124 cm³/mol. The van der Waals surface area contributed by atoms with E-state index in [0.29, 0.717) is 17.4 Å². The summed E-state index contributed by atoms with van der Waals surface area (Å²) in [5.41, 5.74) is 1.91. The minimum Gasteiger partial charge on any atom is -0.335 e. The fourth-order valence-electron chi connectivity index (χ4n) is 3.77. The van der Waals surface area contributed by atoms with Crippen molar-refractivity contribution in [1.29, 1.82) is 0 Å². The first kappa shape index (κ1) is 21.8. The molecule has 1 amide bonds. The SMILES string of the molecule is O=C(CSc1nnc(Nc2ccccc2)s1)N(Cc1ccc(F)cc1)C1CCCCC1. The van der Waals surface area contributed by atoms with E-state index in [1.807, 2.05) is 35.2 Å². The molecule has 0 radical (unpaired) electrons. The Morgan fingerprint density at radius 1 is 1.06 bits per heavy atom. The van der Waals surface area contributed by atoms with Gasteiger partial charge in [-0.15, -0.1) is 10.2 Å². The number of rotatable bonds is 8. The fraction of sp³-hybridized carbons (Fsp3) is 0.348. The van der Waals surface area contributed by atoms with Gasteiger partial charge in [0.05, 0.1) is 5.75 Å². The van der Waals surface area contributed by atoms with Crippen molar-refractivity contribution in [2.75, 3.05) is 11.1 Å². The van der Waals surface area contributed by atoms with Gasteiger partial charge in [-0.3, -0.25) is 4.79 Å². The second-order valence-electron chi connectivity index (χ2n) is 7.59. The van der Waals surface area contributed by atoms with E-state index in [1.54, 1.807) is 12.1 Å². The summed E-state index contributed by atoms with van der Waals surface area (Å²) in [5.74, 6) is 0.150. The molecule has 5 nitrogen and oxygen atoms in total. The molecule has 1 N–H and O–H groups in total. The van der Waals surface area contributed by atoms with Gasteiger partial charge < -0.3 is 10.2 Å². The van der Waals surface area contributed by atoms with E-state index in [2.05, 4.69) is 15.5 Å². The van der Waals surface area contributed by atoms with Gasteiger partial charge in [0.2, 0.25) is 11.0 Å². The van der Waals surface area contributed by atoms with E-state index < -0.39 is 0 Å². The molecule has 0 spiro atoms. The van der Waals surface area contributed by atoms with Crippen molar-refractivity contribution in [2.24, 2.45) is 0 Å². The summed E-state index contributed by atoms with van der Waals surface area (Å²) in [4.78, 5) is 15.1. The molecule has 3 aromatic rings. The lowest BCUT2D eigenvalue weighted by Crippen LogP contribution is -2.41. The zero-order valence-corrected chi connectivity index (χ0v) is 18.8. The summed E-state index contributed by atoms with van der Waals surface area (Å²) < 4.78 is 14.0. The molecule has 162 valence electrons. The van der Waals surface area contributed by atoms with Gasteiger partial charge >= 0.3 is 0 Å². The van der Waals surface area contributed by atoms with Crippen LogP contribution in [0.15, 0.2) is 58.9 Å². The third kappa shape index (κ3) is 6.27. The Labute approximate surface area is 190 Å². The molecule has 1 aliphatic carbocycles. The van der Waals surface area contributed by atoms with Crippen molar-refractivity contribution in [1.82, 2.24) is 15.1 Å². The molecule has 0 aliphatic heterocycles. The maximum absolute atomic E-state index is 13.3. The first-order chi connectivity index (χ1) is 15.2. The van der Waals surface area contributed by atoms with Crippen LogP contribution in [0, 0.1) is 5.82 Å². The van der Waals surface area contributed by atoms with E-state index in [4.69, 9.17) is 0 Å². The molecule has 8 heteroatoms. The first-order valence-corrected chi connectivity index (χ1v) is 12.3. The summed E-state index contributed by atoms with van der Waals surface area (Å²) in [6.07, 6.45) is 5.58. The third-order valence-electron chi connectivity index (χ3n) is 5.35. The van der Waals surface area contributed by atoms with Crippen molar-refractivity contribution in [3.63, 3.8) is 0 Å². The summed E-state index contributed by atoms with van der Waals surface area (Å²) >= 11 is 2.86. The quantitative estimate of drug-likeness (QED) is 0.429. The lowest BCUT2D eigenvalue weighted by atomic mass is 9.94. The van der Waals surface area contributed by atoms with Gasteiger partial charge in [-0.1, -0.05) is 72.7 Å². The highest BCUT2D eigenvalue weighted by molar-refractivity contribution is 8.01. The van der Waals surface area contributed by atoms with Gasteiger partial charge in [-0.25, -0.2) is 4.39 Å². The van der Waals surface area contributed by atoms with Crippen LogP contribution < -0.4 is 5.32 Å². The summed E-state index contributed by atoms with van der Waals surface area (Å²) in [6.45, 7) is 0.515. The largest absolute Gasteiger partial charge is 0.335 e. The Hall–Kier alpha value is -2.45. The number of para-hydroxylation sites is 1. The van der Waals surface area contributed by atoms with Gasteiger partial charge in [0.15, 0.2) is 4.34 Å². The Balaban J connectivity index is 1.38. The molecular weight excluding hydrogens is 431 g/mol. The molecule has 2 aromatic carbocycles. The molecule has 1 aliphatic rings. The smallest absolute Gasteiger partial charge is 0.233 e. The second-order valence-corrected chi connectivity index (χ2v) is 9.79. The topological polar surface area (TPSA) is 58.1 Å². The van der Waals surface area contributed by atoms with E-state index in [9.17, 15) is 9.18 Å². The van der Waals surface area contributed by atoms with Gasteiger partial charge in [0.25, 0.3) is 0 Å². The number of carbonyl (C=O) groups is 1. The zero-order valence-electron chi connectivity index (χ0n) is 17.2. The molecule has 0 bridgehead atoms. The van der Waals surface area contributed by atoms with Crippen LogP contribution in [0.4, 0.5) is 15.2 Å². The molecule has 1 heterocycles. The van der Waals surface area contributed by atoms with Crippen LogP contribution in [0.2, 0.25) is 0 Å². The van der Waals surface area contributed by atoms with Crippen molar-refractivity contribution in [3.05, 3.63) is 66.0 Å². The van der Waals surface area contributed by atoms with Crippen LogP contribution in [-0.2, 0) is 11.3 Å². The van der Waals surface area contributed by atoms with E-state index >= 15 is 0 Å². The standard InChI is InChI=1S/C23H25FN4OS2/c24-18-13-11-17(12-14-18)15-28(20-9-5-2-6-10-20)21(29)16-30-23-27-26-22(31-23)25-19-7-3-1-4-8-19/h1,3-4,7-8,11-14,20H,2,5-6,9-10,15-16H2,(H,25,26). The summed E-state index contributed by atoms with van der Waals surface area (Å²) in [5, 5.41) is 12.3. The van der Waals surface area contributed by atoms with Crippen LogP contribution in [0.5, 0.6) is 0 Å². The summed E-state index contributed by atoms with van der Waals surface area (Å²) in [6, 6.07) is 16.5. The lowest BCUT2D eigenvalue weighted by Gasteiger charge is -2.34. The number of thioether (sulfide) groups is 1. The number of amides is 1. The second kappa shape index (κ2) is 10.7. The number of carbonyl (C=O) groups excluding carboxylic acids is 1. The molecule has 1 saturated carbocycles. The van der Waals surface area contributed by atoms with Gasteiger partial charge in [0.1, 0.15) is 5.82 Å². The number of hydrogen-bond donors (Lipinski definition) is 1. The van der Waals surface area contributed by atoms with Crippen molar-refractivity contribution < 1.29 is 9.18 Å². The third-order valence-corrected chi connectivity index (χ3v) is 7.31. The molecule has 0 saturated heterocycles. The highest BCUT2D eigenvalue weighted by Crippen LogP contribution is 2.29. The Bertz CT molecular complexity index is 975. The maximum atomic E-state index is 13.3. The molecule has 31 heavy (non-hydrogen) atoms. The molecule has 1 aromatic heterocycles. The van der Waals surface area contributed by atoms with Gasteiger partial charge in [-0.05, 0) is 42.7 Å². The number of anilines is 2. The van der Waals surface area contributed by atoms with E-state index in [1.165, 1.54) is 41.7 Å². The number of aromatic nitrogens is 2. The molecule has 0 atom stereocenters. The molecule has 0 unspecified atom stereocenters. The van der Waals surface area contributed by atoms with E-state index in [-0.39, 0.29) is 17.8 Å². The molecule has 1 fully saturated rings. The Morgan fingerprint density at radius 3 is 2.55 bits per heavy atom. The minimum absolute atomic E-state index is 0.0917. The van der Waals surface area contributed by atoms with Gasteiger partial charge in [0, 0.05) is 18.3 Å². The minimum atomic E-state index is -0.258. The highest BCUT2D eigenvalue weighted by atomic mass is 32.2. The van der Waals surface area contributed by atoms with Crippen molar-refractivity contribution >= 4 is 39.8 Å². The number of benzene rings is 2. The summed E-state index contributed by atoms with van der Waals surface area (Å²) in [7, 11) is 0. The zero-order chi connectivity index (χ0) is 21.5. The number of hydrogen-bond acceptors (Lipinski definition) is 6. The van der Waals surface area contributed by atoms with Gasteiger partial charge in [-0.2, -0.15) is 0 Å². The Morgan fingerprint density at radius 2 is 1.81 bits per heavy atom. The average molecular weight is 457 g/mol. The van der Waals surface area contributed by atoms with Crippen LogP contribution in [0.25, 0.3) is 0 Å². The molecule has 4 rings (SSSR count). The molecular formula is C23H25FN4OS2. The average Bonchev–Trinajstić information content (AvgIpc) is 3.25. The van der Waals surface area contributed by atoms with Crippen LogP contribution in [-0.4, -0.2) is 32.8 Å². The monoisotopic (exact) mass is 456 g/mol. The number of halogens is 1. The fourth-order valence-corrected chi connectivity index (χ4v) is 5.43. The van der Waals surface area contributed by atoms with E-state index in [0.717, 1.165) is 41.3 Å². The number of nitrogens with zero attached hydrogens (tertiary/aromatic N) is 3. The first-order valence-electron chi connectivity index (χ1n) is 10.5. The van der Waals surface area contributed by atoms with Crippen LogP contribution in [0.3, 0.4) is 0 Å². The van der Waals surface area contributed by atoms with Crippen molar-refractivity contribution in [3.8, 4) is 0 Å². The lowest BCUT2D eigenvalue weighted by molar-refractivity contribution is -0.132. The van der Waals surface area contributed by atoms with Crippen LogP contribution in [0.1, 0.15) is 37.7 Å². The Kier molecular flexibility index (Phi) is 7.53. The highest BCUT2D eigenvalue weighted by Gasteiger charge is 2.26. The number of nitrogens with one attached hydrogen (secondary N) is 1.